The fourth-order valence-electron chi connectivity index (χ4n) is 0.854. The monoisotopic (exact) mass is 194 g/mol. The molecule has 0 aromatic carbocycles. The highest BCUT2D eigenvalue weighted by Gasteiger charge is 2.10. The minimum absolute atomic E-state index is 0.0501. The molecule has 0 unspecified atom stereocenters. The van der Waals surface area contributed by atoms with Crippen LogP contribution in [0, 0.1) is 22.7 Å². The average Bonchev–Trinajstić information content (AvgIpc) is 2.18. The van der Waals surface area contributed by atoms with Gasteiger partial charge in [0.2, 0.25) is 0 Å². The zero-order valence-corrected chi connectivity index (χ0v) is 8.29. The van der Waals surface area contributed by atoms with Crippen molar-refractivity contribution in [2.24, 2.45) is 0 Å². The SMILES string of the molecule is CCCCNC(=O)N(CC#N)CC#N. The Morgan fingerprint density at radius 2 is 1.93 bits per heavy atom. The Hall–Kier alpha value is -1.75. The molecule has 0 spiro atoms. The number of nitrogens with one attached hydrogen (secondary N) is 1. The molecule has 0 fully saturated rings. The molecular weight excluding hydrogens is 180 g/mol. The van der Waals surface area contributed by atoms with E-state index in [-0.39, 0.29) is 19.1 Å². The molecule has 0 rings (SSSR count). The highest BCUT2D eigenvalue weighted by atomic mass is 16.2. The van der Waals surface area contributed by atoms with E-state index in [1.54, 1.807) is 0 Å². The van der Waals surface area contributed by atoms with E-state index in [0.29, 0.717) is 6.54 Å². The molecule has 5 heteroatoms. The summed E-state index contributed by atoms with van der Waals surface area (Å²) >= 11 is 0. The lowest BCUT2D eigenvalue weighted by Crippen LogP contribution is -2.40. The molecule has 0 bridgehead atoms. The standard InChI is InChI=1S/C9H14N4O/c1-2-3-6-12-9(14)13(7-4-10)8-5-11/h2-3,6-8H2,1H3,(H,12,14). The lowest BCUT2D eigenvalue weighted by Gasteiger charge is -2.16. The van der Waals surface area contributed by atoms with E-state index < -0.39 is 0 Å². The van der Waals surface area contributed by atoms with Crippen LogP contribution in [0.2, 0.25) is 0 Å². The highest BCUT2D eigenvalue weighted by Crippen LogP contribution is 1.89. The quantitative estimate of drug-likeness (QED) is 0.520. The van der Waals surface area contributed by atoms with Crippen LogP contribution < -0.4 is 5.32 Å². The lowest BCUT2D eigenvalue weighted by atomic mass is 10.3. The molecule has 14 heavy (non-hydrogen) atoms. The van der Waals surface area contributed by atoms with Crippen LogP contribution in [0.5, 0.6) is 0 Å². The largest absolute Gasteiger partial charge is 0.338 e. The lowest BCUT2D eigenvalue weighted by molar-refractivity contribution is 0.209. The maximum Gasteiger partial charge on any atom is 0.319 e. The van der Waals surface area contributed by atoms with Gasteiger partial charge in [-0.25, -0.2) is 4.79 Å². The third kappa shape index (κ3) is 5.00. The molecule has 0 aliphatic heterocycles. The Bertz CT molecular complexity index is 235. The average molecular weight is 194 g/mol. The molecule has 0 radical (unpaired) electrons. The Balaban J connectivity index is 3.91. The van der Waals surface area contributed by atoms with Crippen molar-refractivity contribution >= 4 is 6.03 Å². The molecular formula is C9H14N4O. The van der Waals surface area contributed by atoms with Gasteiger partial charge in [-0.1, -0.05) is 13.3 Å². The molecule has 76 valence electrons. The first-order valence-corrected chi connectivity index (χ1v) is 4.53. The van der Waals surface area contributed by atoms with E-state index in [1.807, 2.05) is 19.1 Å². The summed E-state index contributed by atoms with van der Waals surface area (Å²) in [6.45, 7) is 2.51. The summed E-state index contributed by atoms with van der Waals surface area (Å²) in [5.41, 5.74) is 0. The topological polar surface area (TPSA) is 79.9 Å². The smallest absolute Gasteiger partial charge is 0.319 e. The zero-order valence-electron chi connectivity index (χ0n) is 8.29. The number of nitrogens with zero attached hydrogens (tertiary/aromatic N) is 3. The van der Waals surface area contributed by atoms with Crippen LogP contribution in [0.1, 0.15) is 19.8 Å². The summed E-state index contributed by atoms with van der Waals surface area (Å²) in [6.07, 6.45) is 1.90. The van der Waals surface area contributed by atoms with Crippen LogP contribution in [0.3, 0.4) is 0 Å². The normalized spacial score (nSPS) is 8.50. The number of carbonyl (C=O) groups excluding carboxylic acids is 1. The van der Waals surface area contributed by atoms with Crippen molar-refractivity contribution in [2.45, 2.75) is 19.8 Å². The fraction of sp³-hybridized carbons (Fsp3) is 0.667. The van der Waals surface area contributed by atoms with Crippen LogP contribution >= 0.6 is 0 Å². The van der Waals surface area contributed by atoms with Gasteiger partial charge in [0, 0.05) is 6.54 Å². The molecule has 0 aromatic heterocycles. The van der Waals surface area contributed by atoms with Gasteiger partial charge in [-0.3, -0.25) is 4.90 Å². The summed E-state index contributed by atoms with van der Waals surface area (Å²) in [4.78, 5) is 12.5. The van der Waals surface area contributed by atoms with E-state index in [1.165, 1.54) is 4.90 Å². The highest BCUT2D eigenvalue weighted by molar-refractivity contribution is 5.74. The number of unbranched alkanes of at least 4 members (excludes halogenated alkanes) is 1. The van der Waals surface area contributed by atoms with Crippen LogP contribution in [0.25, 0.3) is 0 Å². The first-order valence-electron chi connectivity index (χ1n) is 4.53. The number of carbonyl (C=O) groups is 1. The molecule has 5 nitrogen and oxygen atoms in total. The molecule has 1 N–H and O–H groups in total. The second kappa shape index (κ2) is 7.88. The van der Waals surface area contributed by atoms with Crippen LogP contribution in [-0.4, -0.2) is 30.6 Å². The van der Waals surface area contributed by atoms with Gasteiger partial charge < -0.3 is 5.32 Å². The van der Waals surface area contributed by atoms with Crippen molar-refractivity contribution in [2.75, 3.05) is 19.6 Å². The van der Waals surface area contributed by atoms with E-state index in [2.05, 4.69) is 5.32 Å². The molecule has 0 atom stereocenters. The first-order chi connectivity index (χ1) is 6.76. The van der Waals surface area contributed by atoms with Crippen molar-refractivity contribution in [3.8, 4) is 12.1 Å². The molecule has 0 saturated heterocycles. The summed E-state index contributed by atoms with van der Waals surface area (Å²) in [7, 11) is 0. The fourth-order valence-corrected chi connectivity index (χ4v) is 0.854. The number of rotatable bonds is 5. The van der Waals surface area contributed by atoms with Crippen LogP contribution in [-0.2, 0) is 0 Å². The maximum atomic E-state index is 11.3. The Labute approximate surface area is 83.9 Å². The van der Waals surface area contributed by atoms with Crippen molar-refractivity contribution < 1.29 is 4.79 Å². The summed E-state index contributed by atoms with van der Waals surface area (Å²) in [5, 5.41) is 19.4. The molecule has 0 aromatic rings. The van der Waals surface area contributed by atoms with Gasteiger partial charge in [-0.05, 0) is 6.42 Å². The van der Waals surface area contributed by atoms with Gasteiger partial charge in [-0.15, -0.1) is 0 Å². The molecule has 0 aliphatic carbocycles. The van der Waals surface area contributed by atoms with Gasteiger partial charge in [-0.2, -0.15) is 10.5 Å². The molecule has 0 heterocycles. The summed E-state index contributed by atoms with van der Waals surface area (Å²) in [6, 6.07) is 3.33. The molecule has 2 amide bonds. The second-order valence-corrected chi connectivity index (χ2v) is 2.76. The zero-order chi connectivity index (χ0) is 10.8. The van der Waals surface area contributed by atoms with Gasteiger partial charge in [0.05, 0.1) is 12.1 Å². The van der Waals surface area contributed by atoms with Crippen molar-refractivity contribution in [1.29, 1.82) is 10.5 Å². The van der Waals surface area contributed by atoms with Gasteiger partial charge in [0.15, 0.2) is 0 Å². The number of amides is 2. The van der Waals surface area contributed by atoms with Gasteiger partial charge >= 0.3 is 6.03 Å². The minimum Gasteiger partial charge on any atom is -0.338 e. The second-order valence-electron chi connectivity index (χ2n) is 2.76. The minimum atomic E-state index is -0.346. The number of hydrogen-bond acceptors (Lipinski definition) is 3. The van der Waals surface area contributed by atoms with E-state index >= 15 is 0 Å². The Morgan fingerprint density at radius 1 is 1.36 bits per heavy atom. The van der Waals surface area contributed by atoms with Crippen LogP contribution in [0.15, 0.2) is 0 Å². The van der Waals surface area contributed by atoms with Crippen molar-refractivity contribution in [3.05, 3.63) is 0 Å². The summed E-state index contributed by atoms with van der Waals surface area (Å²) < 4.78 is 0. The Kier molecular flexibility index (Phi) is 6.89. The van der Waals surface area contributed by atoms with Crippen molar-refractivity contribution in [3.63, 3.8) is 0 Å². The number of hydrogen-bond donors (Lipinski definition) is 1. The number of urea groups is 1. The predicted octanol–water partition coefficient (Wildman–Crippen LogP) is 0.845. The third-order valence-corrected chi connectivity index (χ3v) is 1.62. The molecule has 0 aliphatic rings. The molecule has 0 saturated carbocycles. The van der Waals surface area contributed by atoms with Gasteiger partial charge in [0.1, 0.15) is 13.1 Å². The first kappa shape index (κ1) is 12.2. The van der Waals surface area contributed by atoms with E-state index in [9.17, 15) is 4.79 Å². The number of nitriles is 2. The van der Waals surface area contributed by atoms with E-state index in [0.717, 1.165) is 12.8 Å². The maximum absolute atomic E-state index is 11.3. The Morgan fingerprint density at radius 3 is 2.36 bits per heavy atom. The van der Waals surface area contributed by atoms with Crippen molar-refractivity contribution in [1.82, 2.24) is 10.2 Å². The third-order valence-electron chi connectivity index (χ3n) is 1.62. The predicted molar refractivity (Wildman–Crippen MR) is 51.1 cm³/mol. The van der Waals surface area contributed by atoms with Gasteiger partial charge in [0.25, 0.3) is 0 Å². The summed E-state index contributed by atoms with van der Waals surface area (Å²) in [5.74, 6) is 0. The van der Waals surface area contributed by atoms with Crippen LogP contribution in [0.4, 0.5) is 4.79 Å². The van der Waals surface area contributed by atoms with E-state index in [4.69, 9.17) is 10.5 Å².